The van der Waals surface area contributed by atoms with Gasteiger partial charge in [0, 0.05) is 30.6 Å². The third kappa shape index (κ3) is 7.05. The van der Waals surface area contributed by atoms with Crippen molar-refractivity contribution in [3.05, 3.63) is 17.0 Å². The number of aliphatic hydroxyl groups is 1. The highest BCUT2D eigenvalue weighted by atomic mass is 127. The zero-order valence-corrected chi connectivity index (χ0v) is 20.9. The summed E-state index contributed by atoms with van der Waals surface area (Å²) in [5.74, 6) is 0.748. The zero-order valence-electron chi connectivity index (χ0n) is 17.0. The lowest BCUT2D eigenvalue weighted by atomic mass is 9.93. The summed E-state index contributed by atoms with van der Waals surface area (Å²) in [5.41, 5.74) is 0. The molecule has 1 aliphatic carbocycles. The Balaban J connectivity index is 0.00000300. The van der Waals surface area contributed by atoms with Crippen LogP contribution in [0.5, 0.6) is 0 Å². The van der Waals surface area contributed by atoms with E-state index >= 15 is 0 Å². The molecule has 0 unspecified atom stereocenters. The SMILES string of the molecule is CCNC(=NCc1ccc(S(=O)(=O)N2CCCCC2)s1)NC1CCC(O)CC1.I. The molecule has 1 aromatic rings. The molecule has 0 aromatic carbocycles. The number of nitrogens with zero attached hydrogens (tertiary/aromatic N) is 2. The molecule has 0 bridgehead atoms. The van der Waals surface area contributed by atoms with Crippen LogP contribution in [0.25, 0.3) is 0 Å². The summed E-state index contributed by atoms with van der Waals surface area (Å²) in [6.07, 6.45) is 6.32. The molecule has 0 atom stereocenters. The smallest absolute Gasteiger partial charge is 0.252 e. The summed E-state index contributed by atoms with van der Waals surface area (Å²) in [7, 11) is -3.37. The van der Waals surface area contributed by atoms with Gasteiger partial charge in [0.2, 0.25) is 0 Å². The van der Waals surface area contributed by atoms with Crippen LogP contribution in [0.3, 0.4) is 0 Å². The maximum atomic E-state index is 12.8. The second kappa shape index (κ2) is 11.8. The van der Waals surface area contributed by atoms with Crippen molar-refractivity contribution in [2.75, 3.05) is 19.6 Å². The van der Waals surface area contributed by atoms with E-state index in [4.69, 9.17) is 0 Å². The fraction of sp³-hybridized carbons (Fsp3) is 0.737. The number of rotatable bonds is 6. The second-order valence-corrected chi connectivity index (χ2v) is 10.9. The molecular formula is C19H33IN4O3S2. The van der Waals surface area contributed by atoms with Crippen molar-refractivity contribution in [2.45, 2.75) is 74.8 Å². The summed E-state index contributed by atoms with van der Waals surface area (Å²) in [4.78, 5) is 5.58. The minimum atomic E-state index is -3.37. The lowest BCUT2D eigenvalue weighted by Crippen LogP contribution is -2.45. The van der Waals surface area contributed by atoms with Gasteiger partial charge < -0.3 is 15.7 Å². The summed E-state index contributed by atoms with van der Waals surface area (Å²) in [5, 5.41) is 16.4. The van der Waals surface area contributed by atoms with E-state index in [0.717, 1.165) is 62.3 Å². The quantitative estimate of drug-likeness (QED) is 0.285. The van der Waals surface area contributed by atoms with Gasteiger partial charge in [-0.3, -0.25) is 0 Å². The molecule has 1 saturated carbocycles. The van der Waals surface area contributed by atoms with E-state index in [1.807, 2.05) is 13.0 Å². The Hall–Kier alpha value is -0.430. The monoisotopic (exact) mass is 556 g/mol. The van der Waals surface area contributed by atoms with Gasteiger partial charge in [-0.1, -0.05) is 6.42 Å². The molecule has 0 spiro atoms. The average Bonchev–Trinajstić information content (AvgIpc) is 3.19. The van der Waals surface area contributed by atoms with Crippen LogP contribution in [-0.2, 0) is 16.6 Å². The van der Waals surface area contributed by atoms with E-state index in [1.165, 1.54) is 11.3 Å². The highest BCUT2D eigenvalue weighted by Crippen LogP contribution is 2.27. The van der Waals surface area contributed by atoms with Crippen molar-refractivity contribution in [3.8, 4) is 0 Å². The van der Waals surface area contributed by atoms with Crippen molar-refractivity contribution < 1.29 is 13.5 Å². The van der Waals surface area contributed by atoms with Gasteiger partial charge in [0.05, 0.1) is 12.6 Å². The molecule has 1 saturated heterocycles. The Kier molecular flexibility index (Phi) is 10.1. The highest BCUT2D eigenvalue weighted by Gasteiger charge is 2.27. The summed E-state index contributed by atoms with van der Waals surface area (Å²) < 4.78 is 27.6. The van der Waals surface area contributed by atoms with Gasteiger partial charge in [0.25, 0.3) is 10.0 Å². The molecule has 1 aromatic heterocycles. The Morgan fingerprint density at radius 1 is 1.21 bits per heavy atom. The van der Waals surface area contributed by atoms with Crippen LogP contribution >= 0.6 is 35.3 Å². The van der Waals surface area contributed by atoms with Gasteiger partial charge in [-0.2, -0.15) is 4.31 Å². The Labute approximate surface area is 195 Å². The van der Waals surface area contributed by atoms with Gasteiger partial charge in [-0.05, 0) is 57.6 Å². The highest BCUT2D eigenvalue weighted by molar-refractivity contribution is 14.0. The largest absolute Gasteiger partial charge is 0.393 e. The Bertz CT molecular complexity index is 755. The van der Waals surface area contributed by atoms with Crippen LogP contribution in [0, 0.1) is 0 Å². The average molecular weight is 557 g/mol. The van der Waals surface area contributed by atoms with Crippen molar-refractivity contribution in [1.29, 1.82) is 0 Å². The molecule has 7 nitrogen and oxygen atoms in total. The maximum absolute atomic E-state index is 12.8. The van der Waals surface area contributed by atoms with E-state index in [-0.39, 0.29) is 30.1 Å². The summed E-state index contributed by atoms with van der Waals surface area (Å²) >= 11 is 1.31. The molecule has 2 fully saturated rings. The van der Waals surface area contributed by atoms with Crippen LogP contribution in [0.15, 0.2) is 21.3 Å². The van der Waals surface area contributed by atoms with Gasteiger partial charge in [-0.15, -0.1) is 35.3 Å². The first-order valence-corrected chi connectivity index (χ1v) is 12.6. The third-order valence-electron chi connectivity index (χ3n) is 5.32. The minimum Gasteiger partial charge on any atom is -0.393 e. The van der Waals surface area contributed by atoms with Crippen LogP contribution < -0.4 is 10.6 Å². The molecule has 0 amide bonds. The molecule has 29 heavy (non-hydrogen) atoms. The third-order valence-corrected chi connectivity index (χ3v) is 8.76. The van der Waals surface area contributed by atoms with E-state index in [0.29, 0.717) is 29.9 Å². The molecule has 3 N–H and O–H groups in total. The fourth-order valence-electron chi connectivity index (χ4n) is 3.70. The first-order chi connectivity index (χ1) is 13.5. The number of hydrogen-bond donors (Lipinski definition) is 3. The number of halogens is 1. The number of piperidine rings is 1. The standard InChI is InChI=1S/C19H32N4O3S2.HI/c1-2-20-19(22-15-6-8-16(24)9-7-15)21-14-17-10-11-18(27-17)28(25,26)23-12-4-3-5-13-23;/h10-11,15-16,24H,2-9,12-14H2,1H3,(H2,20,21,22);1H. The van der Waals surface area contributed by atoms with E-state index in [1.54, 1.807) is 10.4 Å². The van der Waals surface area contributed by atoms with Crippen molar-refractivity contribution in [2.24, 2.45) is 4.99 Å². The predicted octanol–water partition coefficient (Wildman–Crippen LogP) is 2.90. The Morgan fingerprint density at radius 3 is 2.55 bits per heavy atom. The summed E-state index contributed by atoms with van der Waals surface area (Å²) in [6, 6.07) is 3.90. The topological polar surface area (TPSA) is 94.0 Å². The van der Waals surface area contributed by atoms with E-state index in [9.17, 15) is 13.5 Å². The lowest BCUT2D eigenvalue weighted by molar-refractivity contribution is 0.120. The van der Waals surface area contributed by atoms with Crippen LogP contribution in [0.4, 0.5) is 0 Å². The number of thiophene rings is 1. The number of nitrogens with one attached hydrogen (secondary N) is 2. The number of guanidine groups is 1. The summed E-state index contributed by atoms with van der Waals surface area (Å²) in [6.45, 7) is 4.48. The molecular weight excluding hydrogens is 523 g/mol. The predicted molar refractivity (Wildman–Crippen MR) is 129 cm³/mol. The fourth-order valence-corrected chi connectivity index (χ4v) is 6.66. The Morgan fingerprint density at radius 2 is 1.90 bits per heavy atom. The van der Waals surface area contributed by atoms with Crippen LogP contribution in [-0.4, -0.2) is 55.6 Å². The molecule has 10 heteroatoms. The van der Waals surface area contributed by atoms with Gasteiger partial charge in [0.1, 0.15) is 4.21 Å². The first kappa shape index (κ1) is 24.8. The van der Waals surface area contributed by atoms with E-state index < -0.39 is 10.0 Å². The lowest BCUT2D eigenvalue weighted by Gasteiger charge is -2.27. The second-order valence-electron chi connectivity index (χ2n) is 7.53. The van der Waals surface area contributed by atoms with Gasteiger partial charge in [0.15, 0.2) is 5.96 Å². The van der Waals surface area contributed by atoms with Crippen LogP contribution in [0.2, 0.25) is 0 Å². The molecule has 2 heterocycles. The molecule has 3 rings (SSSR count). The molecule has 166 valence electrons. The van der Waals surface area contributed by atoms with Gasteiger partial charge in [-0.25, -0.2) is 13.4 Å². The maximum Gasteiger partial charge on any atom is 0.252 e. The number of sulfonamides is 1. The minimum absolute atomic E-state index is 0. The van der Waals surface area contributed by atoms with Crippen molar-refractivity contribution in [1.82, 2.24) is 14.9 Å². The number of aliphatic imine (C=N–C) groups is 1. The van der Waals surface area contributed by atoms with Crippen molar-refractivity contribution in [3.63, 3.8) is 0 Å². The van der Waals surface area contributed by atoms with E-state index in [2.05, 4.69) is 15.6 Å². The molecule has 2 aliphatic rings. The van der Waals surface area contributed by atoms with Crippen molar-refractivity contribution >= 4 is 51.3 Å². The normalized spacial score (nSPS) is 24.0. The first-order valence-electron chi connectivity index (χ1n) is 10.3. The van der Waals surface area contributed by atoms with Crippen LogP contribution in [0.1, 0.15) is 56.7 Å². The molecule has 1 aliphatic heterocycles. The number of hydrogen-bond acceptors (Lipinski definition) is 5. The zero-order chi connectivity index (χ0) is 20.0. The number of aliphatic hydroxyl groups excluding tert-OH is 1. The molecule has 0 radical (unpaired) electrons. The van der Waals surface area contributed by atoms with Gasteiger partial charge >= 0.3 is 0 Å².